The van der Waals surface area contributed by atoms with Crippen LogP contribution in [0.1, 0.15) is 18.9 Å². The summed E-state index contributed by atoms with van der Waals surface area (Å²) in [6, 6.07) is 18.9. The number of hydrogen-bond acceptors (Lipinski definition) is 0. The fourth-order valence-corrected chi connectivity index (χ4v) is 2.06. The summed E-state index contributed by atoms with van der Waals surface area (Å²) in [5.41, 5.74) is 5.05. The predicted molar refractivity (Wildman–Crippen MR) is 105 cm³/mol. The van der Waals surface area contributed by atoms with Gasteiger partial charge < -0.3 is 0 Å². The van der Waals surface area contributed by atoms with Crippen LogP contribution < -0.4 is 0 Å². The van der Waals surface area contributed by atoms with E-state index in [1.807, 2.05) is 31.2 Å². The molecule has 0 atom stereocenters. The molecule has 0 nitrogen and oxygen atoms in total. The monoisotopic (exact) mass is 302 g/mol. The van der Waals surface area contributed by atoms with Gasteiger partial charge in [0.1, 0.15) is 0 Å². The van der Waals surface area contributed by atoms with E-state index < -0.39 is 0 Å². The van der Waals surface area contributed by atoms with Crippen molar-refractivity contribution in [3.05, 3.63) is 109 Å². The van der Waals surface area contributed by atoms with E-state index in [0.29, 0.717) is 0 Å². The molecule has 0 saturated heterocycles. The van der Waals surface area contributed by atoms with Crippen LogP contribution in [0.15, 0.2) is 104 Å². The van der Waals surface area contributed by atoms with Crippen LogP contribution in [0, 0.1) is 6.92 Å². The van der Waals surface area contributed by atoms with Crippen molar-refractivity contribution in [1.82, 2.24) is 0 Å². The average Bonchev–Trinajstić information content (AvgIpc) is 2.60. The minimum atomic E-state index is 0.931. The predicted octanol–water partition coefficient (Wildman–Crippen LogP) is 6.91. The lowest BCUT2D eigenvalue weighted by molar-refractivity contribution is 1.29. The maximum atomic E-state index is 3.84. The summed E-state index contributed by atoms with van der Waals surface area (Å²) in [5.74, 6) is 0. The van der Waals surface area contributed by atoms with E-state index in [1.165, 1.54) is 16.7 Å². The first kappa shape index (κ1) is 18.4. The fraction of sp³-hybridized carbons (Fsp3) is 0.130. The molecule has 23 heavy (non-hydrogen) atoms. The molecule has 0 heterocycles. The van der Waals surface area contributed by atoms with Gasteiger partial charge >= 0.3 is 0 Å². The summed E-state index contributed by atoms with van der Waals surface area (Å²) >= 11 is 0. The van der Waals surface area contributed by atoms with Crippen LogP contribution in [0.5, 0.6) is 0 Å². The molecule has 0 aromatic heterocycles. The zero-order chi connectivity index (χ0) is 16.9. The van der Waals surface area contributed by atoms with Gasteiger partial charge in [0, 0.05) is 0 Å². The Kier molecular flexibility index (Phi) is 8.85. The highest BCUT2D eigenvalue weighted by Gasteiger charge is 1.97. The maximum absolute atomic E-state index is 3.84. The molecule has 2 aromatic carbocycles. The van der Waals surface area contributed by atoms with Gasteiger partial charge in [-0.05, 0) is 37.0 Å². The molecule has 0 N–H and O–H groups in total. The molecule has 118 valence electrons. The van der Waals surface area contributed by atoms with Gasteiger partial charge in [0.2, 0.25) is 0 Å². The molecule has 0 aliphatic carbocycles. The van der Waals surface area contributed by atoms with Crippen LogP contribution >= 0.6 is 0 Å². The van der Waals surface area contributed by atoms with Gasteiger partial charge in [-0.2, -0.15) is 0 Å². The van der Waals surface area contributed by atoms with Crippen molar-refractivity contribution in [2.75, 3.05) is 0 Å². The number of allylic oxidation sites excluding steroid dienone is 6. The first-order valence-corrected chi connectivity index (χ1v) is 7.88. The highest BCUT2D eigenvalue weighted by atomic mass is 14.0. The summed E-state index contributed by atoms with van der Waals surface area (Å²) < 4.78 is 0. The number of rotatable bonds is 5. The second kappa shape index (κ2) is 11.0. The van der Waals surface area contributed by atoms with Crippen LogP contribution in [0.4, 0.5) is 0 Å². The Morgan fingerprint density at radius 3 is 2.26 bits per heavy atom. The molecule has 0 radical (unpaired) electrons. The highest BCUT2D eigenvalue weighted by molar-refractivity contribution is 5.66. The SMILES string of the molecule is C=C/C=C\C(=C)C/C=C\C.Cc1ccccc1-c1ccccc1. The molecule has 0 amide bonds. The van der Waals surface area contributed by atoms with Gasteiger partial charge in [-0.15, -0.1) is 0 Å². The largest absolute Gasteiger partial charge is 0.0991 e. The Hall–Kier alpha value is -2.60. The van der Waals surface area contributed by atoms with E-state index in [2.05, 4.69) is 74.7 Å². The third kappa shape index (κ3) is 7.28. The molecule has 0 aliphatic heterocycles. The van der Waals surface area contributed by atoms with Gasteiger partial charge in [-0.25, -0.2) is 0 Å². The van der Waals surface area contributed by atoms with Crippen LogP contribution in [-0.2, 0) is 0 Å². The fourth-order valence-electron chi connectivity index (χ4n) is 2.06. The minimum Gasteiger partial charge on any atom is -0.0991 e. The standard InChI is InChI=1S/C13H12.C10H14/c1-11-7-5-6-10-13(11)12-8-3-2-4-9-12;1-4-6-8-10(3)9-7-5-2/h2-10H,1H3;4-8H,1,3,9H2,2H3/b;7-5-,8-6-. The van der Waals surface area contributed by atoms with E-state index in [9.17, 15) is 0 Å². The van der Waals surface area contributed by atoms with Crippen molar-refractivity contribution in [2.24, 2.45) is 0 Å². The van der Waals surface area contributed by atoms with E-state index in [4.69, 9.17) is 0 Å². The van der Waals surface area contributed by atoms with Crippen molar-refractivity contribution >= 4 is 0 Å². The van der Waals surface area contributed by atoms with Gasteiger partial charge in [0.05, 0.1) is 0 Å². The Morgan fingerprint density at radius 2 is 1.65 bits per heavy atom. The average molecular weight is 302 g/mol. The maximum Gasteiger partial charge on any atom is -0.0103 e. The molecule has 0 aliphatic rings. The molecule has 0 spiro atoms. The molecule has 0 heteroatoms. The normalized spacial score (nSPS) is 10.3. The quantitative estimate of drug-likeness (QED) is 0.415. The van der Waals surface area contributed by atoms with Crippen LogP contribution in [0.2, 0.25) is 0 Å². The van der Waals surface area contributed by atoms with E-state index in [0.717, 1.165) is 12.0 Å². The minimum absolute atomic E-state index is 0.931. The lowest BCUT2D eigenvalue weighted by Crippen LogP contribution is -1.80. The first-order chi connectivity index (χ1) is 11.2. The molecule has 0 unspecified atom stereocenters. The van der Waals surface area contributed by atoms with Crippen molar-refractivity contribution in [2.45, 2.75) is 20.3 Å². The summed E-state index contributed by atoms with van der Waals surface area (Å²) in [5, 5.41) is 0. The summed E-state index contributed by atoms with van der Waals surface area (Å²) in [7, 11) is 0. The molecule has 2 aromatic rings. The Morgan fingerprint density at radius 1 is 1.00 bits per heavy atom. The van der Waals surface area contributed by atoms with Crippen molar-refractivity contribution in [1.29, 1.82) is 0 Å². The summed E-state index contributed by atoms with van der Waals surface area (Å²) in [4.78, 5) is 0. The van der Waals surface area contributed by atoms with Gasteiger partial charge in [0.25, 0.3) is 0 Å². The first-order valence-electron chi connectivity index (χ1n) is 7.88. The number of hydrogen-bond donors (Lipinski definition) is 0. The van der Waals surface area contributed by atoms with Crippen LogP contribution in [-0.4, -0.2) is 0 Å². The van der Waals surface area contributed by atoms with Gasteiger partial charge in [-0.3, -0.25) is 0 Å². The molecular weight excluding hydrogens is 276 g/mol. The molecular formula is C23H26. The molecule has 2 rings (SSSR count). The van der Waals surface area contributed by atoms with Crippen molar-refractivity contribution in [3.63, 3.8) is 0 Å². The van der Waals surface area contributed by atoms with Crippen molar-refractivity contribution < 1.29 is 0 Å². The van der Waals surface area contributed by atoms with E-state index in [1.54, 1.807) is 6.08 Å². The number of aryl methyl sites for hydroxylation is 1. The van der Waals surface area contributed by atoms with E-state index >= 15 is 0 Å². The lowest BCUT2D eigenvalue weighted by atomic mass is 10.0. The Balaban J connectivity index is 0.000000241. The lowest BCUT2D eigenvalue weighted by Gasteiger charge is -2.04. The zero-order valence-electron chi connectivity index (χ0n) is 14.2. The van der Waals surface area contributed by atoms with Crippen LogP contribution in [0.25, 0.3) is 11.1 Å². The third-order valence-electron chi connectivity index (χ3n) is 3.31. The summed E-state index contributed by atoms with van der Waals surface area (Å²) in [6.45, 7) is 11.6. The van der Waals surface area contributed by atoms with E-state index in [-0.39, 0.29) is 0 Å². The summed E-state index contributed by atoms with van der Waals surface area (Å²) in [6.07, 6.45) is 10.6. The smallest absolute Gasteiger partial charge is 0.0103 e. The highest BCUT2D eigenvalue weighted by Crippen LogP contribution is 2.21. The van der Waals surface area contributed by atoms with Crippen LogP contribution in [0.3, 0.4) is 0 Å². The third-order valence-corrected chi connectivity index (χ3v) is 3.31. The molecule has 0 fully saturated rings. The Bertz CT molecular complexity index is 657. The van der Waals surface area contributed by atoms with Crippen molar-refractivity contribution in [3.8, 4) is 11.1 Å². The van der Waals surface area contributed by atoms with Gasteiger partial charge in [-0.1, -0.05) is 104 Å². The topological polar surface area (TPSA) is 0 Å². The second-order valence-corrected chi connectivity index (χ2v) is 5.21. The number of benzene rings is 2. The molecule has 0 bridgehead atoms. The Labute approximate surface area is 141 Å². The second-order valence-electron chi connectivity index (χ2n) is 5.21. The van der Waals surface area contributed by atoms with Gasteiger partial charge in [0.15, 0.2) is 0 Å². The molecule has 0 saturated carbocycles. The zero-order valence-corrected chi connectivity index (χ0v) is 14.2.